The number of rotatable bonds is 3. The third-order valence-electron chi connectivity index (χ3n) is 4.70. The van der Waals surface area contributed by atoms with Gasteiger partial charge in [-0.2, -0.15) is 8.42 Å². The summed E-state index contributed by atoms with van der Waals surface area (Å²) < 4.78 is 31.0. The largest absolute Gasteiger partial charge is 0.505 e. The SMILES string of the molecule is Cc1nc(Cn2c(=O)c(C3=NS(=O)(=O)c4ccccc4N3)c(O)c3sccc32)cs1. The van der Waals surface area contributed by atoms with Gasteiger partial charge in [-0.05, 0) is 30.5 Å². The van der Waals surface area contributed by atoms with Gasteiger partial charge in [-0.15, -0.1) is 27.1 Å². The third-order valence-corrected chi connectivity index (χ3v) is 7.77. The molecule has 5 rings (SSSR count). The van der Waals surface area contributed by atoms with Gasteiger partial charge in [-0.3, -0.25) is 4.79 Å². The van der Waals surface area contributed by atoms with Crippen LogP contribution in [0, 0.1) is 6.92 Å². The zero-order valence-electron chi connectivity index (χ0n) is 15.5. The van der Waals surface area contributed by atoms with Crippen molar-refractivity contribution in [3.05, 3.63) is 67.7 Å². The van der Waals surface area contributed by atoms with Gasteiger partial charge in [0.15, 0.2) is 11.6 Å². The van der Waals surface area contributed by atoms with E-state index in [2.05, 4.69) is 14.7 Å². The Hall–Kier alpha value is -3.02. The molecule has 0 bridgehead atoms. The number of benzene rings is 1. The fraction of sp³-hybridized carbons (Fsp3) is 0.105. The number of hydrogen-bond donors (Lipinski definition) is 2. The smallest absolute Gasteiger partial charge is 0.286 e. The van der Waals surface area contributed by atoms with Crippen molar-refractivity contribution >= 4 is 54.4 Å². The maximum Gasteiger partial charge on any atom is 0.286 e. The number of nitrogens with one attached hydrogen (secondary N) is 1. The van der Waals surface area contributed by atoms with Crippen molar-refractivity contribution in [2.75, 3.05) is 5.32 Å². The number of aryl methyl sites for hydroxylation is 1. The molecule has 0 radical (unpaired) electrons. The molecule has 11 heteroatoms. The Morgan fingerprint density at radius 1 is 1.20 bits per heavy atom. The Bertz CT molecular complexity index is 1510. The molecular formula is C19H14N4O4S3. The molecule has 152 valence electrons. The summed E-state index contributed by atoms with van der Waals surface area (Å²) in [5, 5.41) is 18.2. The number of sulfonamides is 1. The van der Waals surface area contributed by atoms with Gasteiger partial charge in [0.2, 0.25) is 0 Å². The minimum absolute atomic E-state index is 0.0173. The number of aromatic hydroxyl groups is 1. The number of aromatic nitrogens is 2. The predicted octanol–water partition coefficient (Wildman–Crippen LogP) is 3.14. The van der Waals surface area contributed by atoms with Gasteiger partial charge in [0.05, 0.1) is 33.2 Å². The van der Waals surface area contributed by atoms with Crippen LogP contribution in [-0.4, -0.2) is 28.9 Å². The van der Waals surface area contributed by atoms with Crippen molar-refractivity contribution in [1.29, 1.82) is 0 Å². The Morgan fingerprint density at radius 3 is 2.77 bits per heavy atom. The zero-order valence-corrected chi connectivity index (χ0v) is 17.9. The number of amidine groups is 1. The van der Waals surface area contributed by atoms with E-state index in [0.717, 1.165) is 5.01 Å². The Balaban J connectivity index is 1.75. The Kier molecular flexibility index (Phi) is 4.27. The lowest BCUT2D eigenvalue weighted by Gasteiger charge is -2.19. The van der Waals surface area contributed by atoms with Crippen molar-refractivity contribution in [1.82, 2.24) is 9.55 Å². The first kappa shape index (κ1) is 19.0. The van der Waals surface area contributed by atoms with E-state index in [4.69, 9.17) is 0 Å². The van der Waals surface area contributed by atoms with E-state index in [1.54, 1.807) is 29.6 Å². The van der Waals surface area contributed by atoms with Crippen LogP contribution in [0.3, 0.4) is 0 Å². The normalized spacial score (nSPS) is 14.9. The van der Waals surface area contributed by atoms with Gasteiger partial charge >= 0.3 is 0 Å². The van der Waals surface area contributed by atoms with Gasteiger partial charge in [-0.1, -0.05) is 12.1 Å². The molecular weight excluding hydrogens is 444 g/mol. The second-order valence-corrected chi connectivity index (χ2v) is 10.2. The molecule has 0 fully saturated rings. The first-order chi connectivity index (χ1) is 14.3. The summed E-state index contributed by atoms with van der Waals surface area (Å²) in [5.74, 6) is -0.494. The predicted molar refractivity (Wildman–Crippen MR) is 117 cm³/mol. The van der Waals surface area contributed by atoms with E-state index in [0.29, 0.717) is 21.6 Å². The number of anilines is 1. The van der Waals surface area contributed by atoms with Gasteiger partial charge < -0.3 is 15.0 Å². The highest BCUT2D eigenvalue weighted by atomic mass is 32.2. The van der Waals surface area contributed by atoms with E-state index in [1.807, 2.05) is 12.3 Å². The van der Waals surface area contributed by atoms with E-state index < -0.39 is 15.6 Å². The van der Waals surface area contributed by atoms with Crippen molar-refractivity contribution in [2.45, 2.75) is 18.4 Å². The molecule has 0 amide bonds. The monoisotopic (exact) mass is 458 g/mol. The molecule has 4 aromatic rings. The first-order valence-corrected chi connectivity index (χ1v) is 12.0. The molecule has 1 aromatic carbocycles. The van der Waals surface area contributed by atoms with Crippen molar-refractivity contribution in [2.24, 2.45) is 4.40 Å². The van der Waals surface area contributed by atoms with Crippen molar-refractivity contribution in [3.63, 3.8) is 0 Å². The molecule has 2 N–H and O–H groups in total. The minimum Gasteiger partial charge on any atom is -0.505 e. The number of thiophene rings is 1. The molecule has 0 unspecified atom stereocenters. The van der Waals surface area contributed by atoms with Crippen LogP contribution in [0.25, 0.3) is 10.2 Å². The number of nitrogens with zero attached hydrogens (tertiary/aromatic N) is 3. The average Bonchev–Trinajstić information content (AvgIpc) is 3.34. The average molecular weight is 459 g/mol. The lowest BCUT2D eigenvalue weighted by molar-refractivity contribution is 0.478. The molecule has 0 saturated carbocycles. The standard InChI is InChI=1S/C19H14N4O4S3/c1-10-20-11(9-29-10)8-23-13-6-7-28-17(13)16(24)15(19(23)25)18-21-12-4-2-3-5-14(12)30(26,27)22-18/h2-7,9,24H,8H2,1H3,(H,21,22). The van der Waals surface area contributed by atoms with Crippen LogP contribution in [0.4, 0.5) is 5.69 Å². The van der Waals surface area contributed by atoms with Gasteiger partial charge in [0.25, 0.3) is 15.6 Å². The highest BCUT2D eigenvalue weighted by Crippen LogP contribution is 2.34. The second kappa shape index (κ2) is 6.76. The van der Waals surface area contributed by atoms with Gasteiger partial charge in [-0.25, -0.2) is 4.98 Å². The van der Waals surface area contributed by atoms with E-state index in [9.17, 15) is 18.3 Å². The van der Waals surface area contributed by atoms with Crippen LogP contribution in [0.1, 0.15) is 16.3 Å². The summed E-state index contributed by atoms with van der Waals surface area (Å²) in [7, 11) is -4.02. The summed E-state index contributed by atoms with van der Waals surface area (Å²) in [6.07, 6.45) is 0. The van der Waals surface area contributed by atoms with Crippen LogP contribution in [-0.2, 0) is 16.6 Å². The van der Waals surface area contributed by atoms with Gasteiger partial charge in [0, 0.05) is 5.38 Å². The zero-order chi connectivity index (χ0) is 21.0. The molecule has 0 saturated heterocycles. The highest BCUT2D eigenvalue weighted by molar-refractivity contribution is 7.90. The van der Waals surface area contributed by atoms with E-state index >= 15 is 0 Å². The molecule has 30 heavy (non-hydrogen) atoms. The molecule has 8 nitrogen and oxygen atoms in total. The summed E-state index contributed by atoms with van der Waals surface area (Å²) in [5.41, 5.74) is 0.825. The fourth-order valence-electron chi connectivity index (χ4n) is 3.39. The van der Waals surface area contributed by atoms with Crippen LogP contribution in [0.5, 0.6) is 5.75 Å². The van der Waals surface area contributed by atoms with Crippen LogP contribution in [0.15, 0.2) is 55.2 Å². The minimum atomic E-state index is -4.02. The number of thiazole rings is 1. The summed E-state index contributed by atoms with van der Waals surface area (Å²) in [6, 6.07) is 8.03. The molecule has 3 aromatic heterocycles. The number of para-hydroxylation sites is 1. The Labute approximate surface area is 178 Å². The third kappa shape index (κ3) is 2.93. The summed E-state index contributed by atoms with van der Waals surface area (Å²) >= 11 is 2.73. The van der Waals surface area contributed by atoms with Crippen LogP contribution in [0.2, 0.25) is 0 Å². The lowest BCUT2D eigenvalue weighted by Crippen LogP contribution is -2.32. The first-order valence-electron chi connectivity index (χ1n) is 8.80. The number of hydrogen-bond acceptors (Lipinski definition) is 8. The van der Waals surface area contributed by atoms with Crippen LogP contribution >= 0.6 is 22.7 Å². The summed E-state index contributed by atoms with van der Waals surface area (Å²) in [4.78, 5) is 17.8. The molecule has 1 aliphatic rings. The topological polar surface area (TPSA) is 114 Å². The van der Waals surface area contributed by atoms with Gasteiger partial charge in [0.1, 0.15) is 10.5 Å². The quantitative estimate of drug-likeness (QED) is 0.488. The summed E-state index contributed by atoms with van der Waals surface area (Å²) in [6.45, 7) is 2.07. The molecule has 4 heterocycles. The van der Waals surface area contributed by atoms with Crippen molar-refractivity contribution in [3.8, 4) is 5.75 Å². The van der Waals surface area contributed by atoms with Crippen molar-refractivity contribution < 1.29 is 13.5 Å². The number of fused-ring (bicyclic) bond motifs is 2. The molecule has 0 spiro atoms. The van der Waals surface area contributed by atoms with E-state index in [-0.39, 0.29) is 28.6 Å². The lowest BCUT2D eigenvalue weighted by atomic mass is 10.2. The maximum atomic E-state index is 13.4. The molecule has 0 atom stereocenters. The molecule has 1 aliphatic heterocycles. The van der Waals surface area contributed by atoms with E-state index in [1.165, 1.54) is 33.3 Å². The fourth-order valence-corrected chi connectivity index (χ4v) is 5.96. The highest BCUT2D eigenvalue weighted by Gasteiger charge is 2.30. The molecule has 0 aliphatic carbocycles. The Morgan fingerprint density at radius 2 is 2.00 bits per heavy atom. The van der Waals surface area contributed by atoms with Crippen LogP contribution < -0.4 is 10.9 Å². The second-order valence-electron chi connectivity index (χ2n) is 6.64. The maximum absolute atomic E-state index is 13.4. The number of pyridine rings is 1.